The molecule has 1 N–H and O–H groups in total. The van der Waals surface area contributed by atoms with Gasteiger partial charge in [-0.15, -0.1) is 0 Å². The van der Waals surface area contributed by atoms with E-state index in [2.05, 4.69) is 28.9 Å². The summed E-state index contributed by atoms with van der Waals surface area (Å²) in [4.78, 5) is 0. The van der Waals surface area contributed by atoms with Crippen LogP contribution in [-0.2, 0) is 12.1 Å². The second-order valence-corrected chi connectivity index (χ2v) is 6.04. The summed E-state index contributed by atoms with van der Waals surface area (Å²) in [5.41, 5.74) is 1.26. The van der Waals surface area contributed by atoms with Crippen LogP contribution in [0, 0.1) is 0 Å². The first kappa shape index (κ1) is 14.9. The Balaban J connectivity index is 2.39. The van der Waals surface area contributed by atoms with Gasteiger partial charge in [0, 0.05) is 6.54 Å². The average Bonchev–Trinajstić information content (AvgIpc) is 2.62. The molecule has 0 radical (unpaired) electrons. The Hall–Kier alpha value is -0.540. The third-order valence-corrected chi connectivity index (χ3v) is 4.38. The van der Waals surface area contributed by atoms with Crippen LogP contribution < -0.4 is 5.32 Å². The molecule has 0 bridgehead atoms. The van der Waals surface area contributed by atoms with Crippen LogP contribution in [0.5, 0.6) is 0 Å². The predicted octanol–water partition coefficient (Wildman–Crippen LogP) is 4.11. The number of nitrogens with zero attached hydrogens (tertiary/aromatic N) is 2. The smallest absolute Gasteiger partial charge is 0.0837 e. The van der Waals surface area contributed by atoms with Gasteiger partial charge in [-0.25, -0.2) is 0 Å². The molecule has 2 heterocycles. The lowest BCUT2D eigenvalue weighted by atomic mass is 9.85. The number of nitrogens with one attached hydrogen (secondary N) is 1. The van der Waals surface area contributed by atoms with E-state index < -0.39 is 0 Å². The molecule has 1 fully saturated rings. The van der Waals surface area contributed by atoms with Gasteiger partial charge in [-0.3, -0.25) is 4.68 Å². The highest BCUT2D eigenvalue weighted by molar-refractivity contribution is 6.31. The van der Waals surface area contributed by atoms with E-state index in [0.717, 1.165) is 31.0 Å². The zero-order chi connectivity index (χ0) is 13.7. The second kappa shape index (κ2) is 6.76. The van der Waals surface area contributed by atoms with Gasteiger partial charge in [-0.1, -0.05) is 44.7 Å². The lowest BCUT2D eigenvalue weighted by Gasteiger charge is -2.35. The summed E-state index contributed by atoms with van der Waals surface area (Å²) in [6.45, 7) is 6.48. The van der Waals surface area contributed by atoms with Crippen LogP contribution in [0.25, 0.3) is 0 Å². The minimum atomic E-state index is 0.0357. The van der Waals surface area contributed by atoms with Crippen molar-refractivity contribution < 1.29 is 0 Å². The fourth-order valence-corrected chi connectivity index (χ4v) is 3.65. The van der Waals surface area contributed by atoms with Crippen molar-refractivity contribution >= 4 is 11.6 Å². The maximum atomic E-state index is 6.47. The predicted molar refractivity (Wildman–Crippen MR) is 80.6 cm³/mol. The molecule has 1 aliphatic heterocycles. The van der Waals surface area contributed by atoms with Crippen LogP contribution in [0.15, 0.2) is 6.20 Å². The van der Waals surface area contributed by atoms with Gasteiger partial charge in [-0.05, 0) is 32.2 Å². The standard InChI is InChI=1S/C15H26ClN3/c1-3-8-15(9-6-5-7-10-17-15)14-13(16)12-18-19(14)11-4-2/h12,17H,3-11H2,1-2H3. The van der Waals surface area contributed by atoms with E-state index in [9.17, 15) is 0 Å². The van der Waals surface area contributed by atoms with Crippen molar-refractivity contribution in [1.29, 1.82) is 0 Å². The van der Waals surface area contributed by atoms with Crippen LogP contribution in [0.3, 0.4) is 0 Å². The van der Waals surface area contributed by atoms with E-state index in [1.54, 1.807) is 0 Å². The molecule has 1 atom stereocenters. The molecule has 1 aromatic rings. The van der Waals surface area contributed by atoms with Crippen molar-refractivity contribution in [1.82, 2.24) is 15.1 Å². The molecular weight excluding hydrogens is 258 g/mol. The molecule has 1 unspecified atom stereocenters. The van der Waals surface area contributed by atoms with Crippen molar-refractivity contribution in [2.45, 2.75) is 70.9 Å². The summed E-state index contributed by atoms with van der Waals surface area (Å²) in [5, 5.41) is 9.11. The van der Waals surface area contributed by atoms with Crippen molar-refractivity contribution in [3.8, 4) is 0 Å². The highest BCUT2D eigenvalue weighted by Crippen LogP contribution is 2.38. The molecule has 108 valence electrons. The Morgan fingerprint density at radius 2 is 2.16 bits per heavy atom. The Morgan fingerprint density at radius 3 is 2.89 bits per heavy atom. The maximum Gasteiger partial charge on any atom is 0.0837 e. The summed E-state index contributed by atoms with van der Waals surface area (Å²) >= 11 is 6.47. The molecule has 19 heavy (non-hydrogen) atoms. The lowest BCUT2D eigenvalue weighted by Crippen LogP contribution is -2.43. The summed E-state index contributed by atoms with van der Waals surface area (Å²) in [5.74, 6) is 0. The number of hydrogen-bond donors (Lipinski definition) is 1. The second-order valence-electron chi connectivity index (χ2n) is 5.63. The number of aryl methyl sites for hydroxylation is 1. The zero-order valence-corrected chi connectivity index (χ0v) is 13.0. The van der Waals surface area contributed by atoms with Crippen LogP contribution in [0.1, 0.15) is 64.5 Å². The summed E-state index contributed by atoms with van der Waals surface area (Å²) in [6, 6.07) is 0. The minimum absolute atomic E-state index is 0.0357. The first-order valence-electron chi connectivity index (χ1n) is 7.70. The lowest BCUT2D eigenvalue weighted by molar-refractivity contribution is 0.273. The largest absolute Gasteiger partial charge is 0.306 e. The van der Waals surface area contributed by atoms with Gasteiger partial charge in [-0.2, -0.15) is 5.10 Å². The monoisotopic (exact) mass is 283 g/mol. The summed E-state index contributed by atoms with van der Waals surface area (Å²) in [6.07, 6.45) is 10.3. The number of aromatic nitrogens is 2. The first-order valence-corrected chi connectivity index (χ1v) is 8.08. The minimum Gasteiger partial charge on any atom is -0.306 e. The molecule has 2 rings (SSSR count). The Bertz CT molecular complexity index is 392. The van der Waals surface area contributed by atoms with Crippen molar-refractivity contribution in [3.63, 3.8) is 0 Å². The third-order valence-electron chi connectivity index (χ3n) is 4.10. The maximum absolute atomic E-state index is 6.47. The van der Waals surface area contributed by atoms with Gasteiger partial charge in [0.1, 0.15) is 0 Å². The molecule has 0 spiro atoms. The Labute approximate surface area is 121 Å². The summed E-state index contributed by atoms with van der Waals surface area (Å²) < 4.78 is 2.12. The fourth-order valence-electron chi connectivity index (χ4n) is 3.32. The number of rotatable bonds is 5. The molecule has 1 saturated heterocycles. The summed E-state index contributed by atoms with van der Waals surface area (Å²) in [7, 11) is 0. The molecule has 0 saturated carbocycles. The molecule has 4 heteroatoms. The van der Waals surface area contributed by atoms with E-state index in [1.165, 1.54) is 37.8 Å². The van der Waals surface area contributed by atoms with Gasteiger partial charge in [0.2, 0.25) is 0 Å². The molecule has 3 nitrogen and oxygen atoms in total. The van der Waals surface area contributed by atoms with Gasteiger partial charge in [0.05, 0.1) is 22.5 Å². The fraction of sp³-hybridized carbons (Fsp3) is 0.800. The van der Waals surface area contributed by atoms with Gasteiger partial charge < -0.3 is 5.32 Å². The van der Waals surface area contributed by atoms with Gasteiger partial charge in [0.25, 0.3) is 0 Å². The normalized spacial score (nSPS) is 24.4. The van der Waals surface area contributed by atoms with E-state index in [1.807, 2.05) is 6.20 Å². The van der Waals surface area contributed by atoms with Crippen LogP contribution in [-0.4, -0.2) is 16.3 Å². The number of hydrogen-bond acceptors (Lipinski definition) is 2. The van der Waals surface area contributed by atoms with Crippen LogP contribution in [0.4, 0.5) is 0 Å². The van der Waals surface area contributed by atoms with Crippen molar-refractivity contribution in [2.24, 2.45) is 0 Å². The van der Waals surface area contributed by atoms with Gasteiger partial charge in [0.15, 0.2) is 0 Å². The molecule has 1 aliphatic rings. The van der Waals surface area contributed by atoms with Crippen LogP contribution in [0.2, 0.25) is 5.02 Å². The topological polar surface area (TPSA) is 29.9 Å². The van der Waals surface area contributed by atoms with E-state index in [4.69, 9.17) is 11.6 Å². The third kappa shape index (κ3) is 3.14. The molecule has 0 amide bonds. The molecular formula is C15H26ClN3. The van der Waals surface area contributed by atoms with Gasteiger partial charge >= 0.3 is 0 Å². The van der Waals surface area contributed by atoms with E-state index in [-0.39, 0.29) is 5.54 Å². The first-order chi connectivity index (χ1) is 9.23. The highest BCUT2D eigenvalue weighted by atomic mass is 35.5. The Morgan fingerprint density at radius 1 is 1.32 bits per heavy atom. The SMILES string of the molecule is CCCn1ncc(Cl)c1C1(CCC)CCCCCN1. The highest BCUT2D eigenvalue weighted by Gasteiger charge is 2.36. The Kier molecular flexibility index (Phi) is 5.28. The number of halogens is 1. The zero-order valence-electron chi connectivity index (χ0n) is 12.2. The molecule has 1 aromatic heterocycles. The van der Waals surface area contributed by atoms with Crippen molar-refractivity contribution in [3.05, 3.63) is 16.9 Å². The quantitative estimate of drug-likeness (QED) is 0.881. The molecule has 0 aliphatic carbocycles. The van der Waals surface area contributed by atoms with Crippen LogP contribution >= 0.6 is 11.6 Å². The average molecular weight is 284 g/mol. The van der Waals surface area contributed by atoms with E-state index in [0.29, 0.717) is 0 Å². The van der Waals surface area contributed by atoms with Crippen molar-refractivity contribution in [2.75, 3.05) is 6.54 Å². The molecule has 0 aromatic carbocycles. The van der Waals surface area contributed by atoms with E-state index >= 15 is 0 Å².